The summed E-state index contributed by atoms with van der Waals surface area (Å²) in [4.78, 5) is 14.6. The van der Waals surface area contributed by atoms with Crippen LogP contribution >= 0.6 is 0 Å². The van der Waals surface area contributed by atoms with Crippen molar-refractivity contribution in [2.45, 2.75) is 65.1 Å². The third-order valence-corrected chi connectivity index (χ3v) is 5.11. The third kappa shape index (κ3) is 6.39. The number of nitrogens with one attached hydrogen (secondary N) is 2. The number of carbonyl (C=O) groups excluding carboxylic acids is 1. The lowest BCUT2D eigenvalue weighted by atomic mass is 9.89. The van der Waals surface area contributed by atoms with Crippen LogP contribution < -0.4 is 10.6 Å². The molecule has 0 aromatic carbocycles. The fourth-order valence-corrected chi connectivity index (χ4v) is 2.85. The Morgan fingerprint density at radius 2 is 1.92 bits per heavy atom. The molecule has 0 aromatic heterocycles. The van der Waals surface area contributed by atoms with E-state index in [1.165, 1.54) is 0 Å². The molecule has 1 amide bonds. The summed E-state index contributed by atoms with van der Waals surface area (Å²) in [5.74, 6) is 0.481. The van der Waals surface area contributed by atoms with Gasteiger partial charge in [-0.2, -0.15) is 5.26 Å². The summed E-state index contributed by atoms with van der Waals surface area (Å²) in [5.41, 5.74) is -0.834. The van der Waals surface area contributed by atoms with Gasteiger partial charge in [-0.3, -0.25) is 4.79 Å². The molecule has 0 aromatic rings. The Morgan fingerprint density at radius 1 is 1.33 bits per heavy atom. The predicted molar refractivity (Wildman–Crippen MR) is 95.3 cm³/mol. The molecule has 1 rings (SSSR count). The first-order valence-electron chi connectivity index (χ1n) is 9.05. The topological polar surface area (TPSA) is 88.4 Å². The summed E-state index contributed by atoms with van der Waals surface area (Å²) >= 11 is 0. The highest BCUT2D eigenvalue weighted by molar-refractivity contribution is 5.82. The Bertz CT molecular complexity index is 439. The molecule has 6 nitrogen and oxygen atoms in total. The molecule has 1 aliphatic heterocycles. The number of likely N-dealkylation sites (tertiary alicyclic amines) is 1. The van der Waals surface area contributed by atoms with Crippen molar-refractivity contribution in [2.75, 3.05) is 26.2 Å². The van der Waals surface area contributed by atoms with Crippen molar-refractivity contribution < 1.29 is 9.90 Å². The van der Waals surface area contributed by atoms with Crippen molar-refractivity contribution in [3.05, 3.63) is 0 Å². The number of nitrogens with zero attached hydrogens (tertiary/aromatic N) is 2. The van der Waals surface area contributed by atoms with Gasteiger partial charge in [0.05, 0.1) is 18.2 Å². The monoisotopic (exact) mass is 338 g/mol. The molecular weight excluding hydrogens is 304 g/mol. The molecule has 3 N–H and O–H groups in total. The summed E-state index contributed by atoms with van der Waals surface area (Å²) in [6.07, 6.45) is 1.88. The summed E-state index contributed by atoms with van der Waals surface area (Å²) in [5, 5.41) is 24.9. The zero-order valence-corrected chi connectivity index (χ0v) is 15.8. The summed E-state index contributed by atoms with van der Waals surface area (Å²) < 4.78 is 0. The minimum Gasteiger partial charge on any atom is -0.392 e. The summed E-state index contributed by atoms with van der Waals surface area (Å²) in [7, 11) is 0. The number of hydrogen-bond acceptors (Lipinski definition) is 5. The second-order valence-electron chi connectivity index (χ2n) is 7.68. The quantitative estimate of drug-likeness (QED) is 0.617. The van der Waals surface area contributed by atoms with Crippen LogP contribution in [0.2, 0.25) is 0 Å². The Kier molecular flexibility index (Phi) is 8.14. The molecule has 1 saturated heterocycles. The van der Waals surface area contributed by atoms with Crippen LogP contribution in [0.15, 0.2) is 0 Å². The minimum atomic E-state index is -0.834. The number of aliphatic hydroxyl groups is 1. The Morgan fingerprint density at radius 3 is 2.38 bits per heavy atom. The maximum absolute atomic E-state index is 12.3. The van der Waals surface area contributed by atoms with Gasteiger partial charge in [0.15, 0.2) is 0 Å². The Balaban J connectivity index is 2.35. The van der Waals surface area contributed by atoms with Crippen LogP contribution in [-0.2, 0) is 4.79 Å². The molecule has 138 valence electrons. The summed E-state index contributed by atoms with van der Waals surface area (Å²) in [6.45, 7) is 12.8. The van der Waals surface area contributed by atoms with Gasteiger partial charge in [-0.1, -0.05) is 13.8 Å². The lowest BCUT2D eigenvalue weighted by molar-refractivity contribution is -0.124. The zero-order chi connectivity index (χ0) is 18.3. The van der Waals surface area contributed by atoms with Gasteiger partial charge in [0, 0.05) is 6.54 Å². The first-order chi connectivity index (χ1) is 11.2. The molecule has 24 heavy (non-hydrogen) atoms. The number of β-amino-alcohol motifs (C(OH)–C–C–N with tert-alkyl or cyclic N) is 1. The SMILES string of the molecule is CC(C)[C@@](C)(C#N)NC(=O)[C@H](C)NCC1CCN(C[C@H](C)O)CC1. The van der Waals surface area contributed by atoms with Crippen LogP contribution in [0.1, 0.15) is 47.5 Å². The van der Waals surface area contributed by atoms with E-state index >= 15 is 0 Å². The lowest BCUT2D eigenvalue weighted by Crippen LogP contribution is -2.54. The van der Waals surface area contributed by atoms with Crippen LogP contribution in [0.5, 0.6) is 0 Å². The van der Waals surface area contributed by atoms with E-state index in [0.29, 0.717) is 5.92 Å². The van der Waals surface area contributed by atoms with Gasteiger partial charge >= 0.3 is 0 Å². The van der Waals surface area contributed by atoms with Crippen molar-refractivity contribution >= 4 is 5.91 Å². The van der Waals surface area contributed by atoms with E-state index < -0.39 is 5.54 Å². The fraction of sp³-hybridized carbons (Fsp3) is 0.889. The number of nitriles is 1. The second-order valence-corrected chi connectivity index (χ2v) is 7.68. The molecule has 0 bridgehead atoms. The molecule has 0 unspecified atom stereocenters. The molecule has 3 atom stereocenters. The standard InChI is InChI=1S/C18H34N4O2/c1-13(2)18(5,12-19)21-17(24)15(4)20-10-16-6-8-22(9-7-16)11-14(3)23/h13-16,20,23H,6-11H2,1-5H3,(H,21,24)/t14-,15-,18+/m0/s1. The predicted octanol–water partition coefficient (Wildman–Crippen LogP) is 1.11. The van der Waals surface area contributed by atoms with E-state index in [4.69, 9.17) is 0 Å². The first kappa shape index (κ1) is 20.9. The van der Waals surface area contributed by atoms with E-state index in [1.807, 2.05) is 27.7 Å². The van der Waals surface area contributed by atoms with Crippen LogP contribution in [0, 0.1) is 23.2 Å². The molecule has 6 heteroatoms. The van der Waals surface area contributed by atoms with Gasteiger partial charge in [-0.05, 0) is 65.1 Å². The molecule has 1 heterocycles. The van der Waals surface area contributed by atoms with Crippen LogP contribution in [-0.4, -0.2) is 59.8 Å². The van der Waals surface area contributed by atoms with Crippen LogP contribution in [0.4, 0.5) is 0 Å². The van der Waals surface area contributed by atoms with Crippen LogP contribution in [0.3, 0.4) is 0 Å². The number of amides is 1. The smallest absolute Gasteiger partial charge is 0.238 e. The Hall–Kier alpha value is -1.16. The zero-order valence-electron chi connectivity index (χ0n) is 15.8. The molecule has 0 spiro atoms. The lowest BCUT2D eigenvalue weighted by Gasteiger charge is -2.33. The molecule has 1 fully saturated rings. The molecule has 0 radical (unpaired) electrons. The van der Waals surface area contributed by atoms with Gasteiger partial charge in [0.25, 0.3) is 0 Å². The van der Waals surface area contributed by atoms with Gasteiger partial charge in [0.2, 0.25) is 5.91 Å². The molecule has 1 aliphatic rings. The van der Waals surface area contributed by atoms with Crippen molar-refractivity contribution in [1.29, 1.82) is 5.26 Å². The first-order valence-corrected chi connectivity index (χ1v) is 9.05. The van der Waals surface area contributed by atoms with E-state index in [1.54, 1.807) is 6.92 Å². The largest absolute Gasteiger partial charge is 0.392 e. The number of aliphatic hydroxyl groups excluding tert-OH is 1. The molecule has 0 aliphatic carbocycles. The van der Waals surface area contributed by atoms with E-state index in [9.17, 15) is 15.2 Å². The Labute approximate surface area is 146 Å². The van der Waals surface area contributed by atoms with Gasteiger partial charge < -0.3 is 20.6 Å². The maximum Gasteiger partial charge on any atom is 0.238 e. The highest BCUT2D eigenvalue weighted by Gasteiger charge is 2.31. The minimum absolute atomic E-state index is 0.0527. The second kappa shape index (κ2) is 9.36. The highest BCUT2D eigenvalue weighted by Crippen LogP contribution is 2.17. The van der Waals surface area contributed by atoms with Gasteiger partial charge in [-0.25, -0.2) is 0 Å². The van der Waals surface area contributed by atoms with Crippen molar-refractivity contribution in [2.24, 2.45) is 11.8 Å². The van der Waals surface area contributed by atoms with Gasteiger partial charge in [0.1, 0.15) is 5.54 Å². The average Bonchev–Trinajstić information content (AvgIpc) is 2.52. The van der Waals surface area contributed by atoms with Crippen LogP contribution in [0.25, 0.3) is 0 Å². The third-order valence-electron chi connectivity index (χ3n) is 5.11. The fourth-order valence-electron chi connectivity index (χ4n) is 2.85. The normalized spacial score (nSPS) is 21.8. The van der Waals surface area contributed by atoms with Crippen molar-refractivity contribution in [1.82, 2.24) is 15.5 Å². The number of carbonyl (C=O) groups is 1. The number of rotatable bonds is 8. The van der Waals surface area contributed by atoms with Gasteiger partial charge in [-0.15, -0.1) is 0 Å². The molecule has 0 saturated carbocycles. The van der Waals surface area contributed by atoms with E-state index in [0.717, 1.165) is 39.0 Å². The number of piperidine rings is 1. The maximum atomic E-state index is 12.3. The van der Waals surface area contributed by atoms with Crippen molar-refractivity contribution in [3.8, 4) is 6.07 Å². The molecular formula is C18H34N4O2. The van der Waals surface area contributed by atoms with E-state index in [2.05, 4.69) is 21.6 Å². The van der Waals surface area contributed by atoms with E-state index in [-0.39, 0.29) is 24.0 Å². The number of hydrogen-bond donors (Lipinski definition) is 3. The summed E-state index contributed by atoms with van der Waals surface area (Å²) in [6, 6.07) is 1.89. The van der Waals surface area contributed by atoms with Crippen molar-refractivity contribution in [3.63, 3.8) is 0 Å². The average molecular weight is 338 g/mol. The highest BCUT2D eigenvalue weighted by atomic mass is 16.3.